The number of nitrogens with one attached hydrogen (secondary N) is 2. The van der Waals surface area contributed by atoms with Crippen molar-refractivity contribution in [3.8, 4) is 0 Å². The van der Waals surface area contributed by atoms with Gasteiger partial charge in [0.05, 0.1) is 5.71 Å². The van der Waals surface area contributed by atoms with Crippen molar-refractivity contribution >= 4 is 21.6 Å². The standard InChI is InChI=1S/C10H11N3O3S/c1-7-6-10(12-16-7)13-17(14,15)9-4-2-8(11)3-5-9/h2-6,9,11H,1H3,(H,12,13). The Labute approximate surface area is 98.6 Å². The quantitative estimate of drug-likeness (QED) is 0.847. The van der Waals surface area contributed by atoms with Gasteiger partial charge in [-0.05, 0) is 19.1 Å². The van der Waals surface area contributed by atoms with Gasteiger partial charge < -0.3 is 9.93 Å². The van der Waals surface area contributed by atoms with Crippen molar-refractivity contribution in [1.82, 2.24) is 5.16 Å². The Kier molecular flexibility index (Phi) is 2.84. The minimum absolute atomic E-state index is 0.157. The molecule has 0 bridgehead atoms. The SMILES string of the molecule is Cc1cc(NS(=O)(=O)C2C=CC(=N)C=C2)no1. The Morgan fingerprint density at radius 1 is 1.41 bits per heavy atom. The van der Waals surface area contributed by atoms with Crippen LogP contribution in [-0.4, -0.2) is 24.5 Å². The molecule has 0 fully saturated rings. The summed E-state index contributed by atoms with van der Waals surface area (Å²) in [6, 6.07) is 1.50. The molecule has 2 rings (SSSR count). The van der Waals surface area contributed by atoms with Crippen LogP contribution in [0.5, 0.6) is 0 Å². The number of rotatable bonds is 3. The van der Waals surface area contributed by atoms with Gasteiger partial charge in [-0.1, -0.05) is 17.3 Å². The van der Waals surface area contributed by atoms with Crippen molar-refractivity contribution in [2.24, 2.45) is 0 Å². The van der Waals surface area contributed by atoms with E-state index in [1.54, 1.807) is 6.92 Å². The maximum atomic E-state index is 11.9. The summed E-state index contributed by atoms with van der Waals surface area (Å²) < 4.78 is 30.9. The molecule has 0 amide bonds. The van der Waals surface area contributed by atoms with Gasteiger partial charge in [-0.3, -0.25) is 4.72 Å². The van der Waals surface area contributed by atoms with E-state index in [-0.39, 0.29) is 11.5 Å². The molecule has 0 radical (unpaired) electrons. The topological polar surface area (TPSA) is 96.1 Å². The second kappa shape index (κ2) is 4.17. The Morgan fingerprint density at radius 2 is 2.06 bits per heavy atom. The number of hydrogen-bond acceptors (Lipinski definition) is 5. The largest absolute Gasteiger partial charge is 0.360 e. The number of aromatic nitrogens is 1. The highest BCUT2D eigenvalue weighted by Gasteiger charge is 2.23. The molecule has 1 aromatic heterocycles. The van der Waals surface area contributed by atoms with E-state index in [1.165, 1.54) is 30.4 Å². The summed E-state index contributed by atoms with van der Waals surface area (Å²) >= 11 is 0. The zero-order chi connectivity index (χ0) is 12.5. The molecule has 0 spiro atoms. The van der Waals surface area contributed by atoms with Crippen LogP contribution in [0, 0.1) is 12.3 Å². The highest BCUT2D eigenvalue weighted by Crippen LogP contribution is 2.15. The second-order valence-corrected chi connectivity index (χ2v) is 5.45. The number of sulfonamides is 1. The maximum absolute atomic E-state index is 11.9. The predicted octanol–water partition coefficient (Wildman–Crippen LogP) is 1.24. The van der Waals surface area contributed by atoms with Crippen LogP contribution in [0.1, 0.15) is 5.76 Å². The highest BCUT2D eigenvalue weighted by atomic mass is 32.2. The zero-order valence-corrected chi connectivity index (χ0v) is 9.86. The fraction of sp³-hybridized carbons (Fsp3) is 0.200. The van der Waals surface area contributed by atoms with Crippen LogP contribution in [0.3, 0.4) is 0 Å². The van der Waals surface area contributed by atoms with Crippen LogP contribution < -0.4 is 4.72 Å². The number of nitrogens with zero attached hydrogens (tertiary/aromatic N) is 1. The fourth-order valence-corrected chi connectivity index (χ4v) is 2.45. The van der Waals surface area contributed by atoms with E-state index in [4.69, 9.17) is 9.93 Å². The van der Waals surface area contributed by atoms with Gasteiger partial charge in [-0.15, -0.1) is 0 Å². The normalized spacial score (nSPS) is 19.6. The number of aryl methyl sites for hydroxylation is 1. The summed E-state index contributed by atoms with van der Waals surface area (Å²) in [6.07, 6.45) is 5.77. The van der Waals surface area contributed by atoms with E-state index in [0.717, 1.165) is 0 Å². The van der Waals surface area contributed by atoms with Crippen LogP contribution in [-0.2, 0) is 10.0 Å². The van der Waals surface area contributed by atoms with Crippen molar-refractivity contribution in [3.05, 3.63) is 36.1 Å². The van der Waals surface area contributed by atoms with Crippen molar-refractivity contribution in [3.63, 3.8) is 0 Å². The lowest BCUT2D eigenvalue weighted by atomic mass is 10.2. The third kappa shape index (κ3) is 2.62. The lowest BCUT2D eigenvalue weighted by molar-refractivity contribution is 0.400. The Hall–Kier alpha value is -1.89. The van der Waals surface area contributed by atoms with Gasteiger partial charge in [0.15, 0.2) is 5.82 Å². The Bertz CT molecular complexity index is 582. The molecule has 17 heavy (non-hydrogen) atoms. The van der Waals surface area contributed by atoms with Crippen LogP contribution in [0.15, 0.2) is 34.9 Å². The molecule has 0 aliphatic heterocycles. The monoisotopic (exact) mass is 253 g/mol. The molecule has 2 N–H and O–H groups in total. The Balaban J connectivity index is 2.17. The van der Waals surface area contributed by atoms with Crippen LogP contribution >= 0.6 is 0 Å². The van der Waals surface area contributed by atoms with E-state index in [0.29, 0.717) is 5.76 Å². The summed E-state index contributed by atoms with van der Waals surface area (Å²) in [4.78, 5) is 0. The lowest BCUT2D eigenvalue weighted by Crippen LogP contribution is -2.26. The fourth-order valence-electron chi connectivity index (χ4n) is 1.35. The predicted molar refractivity (Wildman–Crippen MR) is 63.6 cm³/mol. The summed E-state index contributed by atoms with van der Waals surface area (Å²) in [7, 11) is -3.59. The van der Waals surface area contributed by atoms with Crippen molar-refractivity contribution in [2.45, 2.75) is 12.2 Å². The van der Waals surface area contributed by atoms with Crippen molar-refractivity contribution in [1.29, 1.82) is 5.41 Å². The van der Waals surface area contributed by atoms with E-state index in [1.807, 2.05) is 0 Å². The molecule has 7 heteroatoms. The van der Waals surface area contributed by atoms with Gasteiger partial charge in [0, 0.05) is 6.07 Å². The molecule has 0 aromatic carbocycles. The summed E-state index contributed by atoms with van der Waals surface area (Å²) in [5, 5.41) is 10.0. The first-order valence-electron chi connectivity index (χ1n) is 4.87. The molecule has 1 heterocycles. The van der Waals surface area contributed by atoms with Gasteiger partial charge >= 0.3 is 0 Å². The van der Waals surface area contributed by atoms with E-state index in [9.17, 15) is 8.42 Å². The average molecular weight is 253 g/mol. The van der Waals surface area contributed by atoms with Gasteiger partial charge in [0.2, 0.25) is 10.0 Å². The van der Waals surface area contributed by atoms with E-state index in [2.05, 4.69) is 9.88 Å². The minimum atomic E-state index is -3.59. The molecule has 0 unspecified atom stereocenters. The number of allylic oxidation sites excluding steroid dienone is 2. The highest BCUT2D eigenvalue weighted by molar-refractivity contribution is 7.93. The molecule has 0 saturated carbocycles. The van der Waals surface area contributed by atoms with Gasteiger partial charge in [0.25, 0.3) is 0 Å². The van der Waals surface area contributed by atoms with Crippen molar-refractivity contribution < 1.29 is 12.9 Å². The lowest BCUT2D eigenvalue weighted by Gasteiger charge is -2.12. The maximum Gasteiger partial charge on any atom is 0.244 e. The van der Waals surface area contributed by atoms with Gasteiger partial charge in [-0.25, -0.2) is 8.42 Å². The molecule has 0 atom stereocenters. The van der Waals surface area contributed by atoms with Gasteiger partial charge in [0.1, 0.15) is 11.0 Å². The first-order valence-corrected chi connectivity index (χ1v) is 6.42. The summed E-state index contributed by atoms with van der Waals surface area (Å²) in [5.74, 6) is 0.684. The smallest absolute Gasteiger partial charge is 0.244 e. The van der Waals surface area contributed by atoms with E-state index >= 15 is 0 Å². The molecule has 1 aromatic rings. The average Bonchev–Trinajstić information content (AvgIpc) is 2.63. The third-order valence-electron chi connectivity index (χ3n) is 2.16. The minimum Gasteiger partial charge on any atom is -0.360 e. The molecule has 1 aliphatic carbocycles. The molecule has 0 saturated heterocycles. The first-order chi connectivity index (χ1) is 7.97. The summed E-state index contributed by atoms with van der Waals surface area (Å²) in [5.41, 5.74) is 0.272. The third-order valence-corrected chi connectivity index (χ3v) is 3.69. The van der Waals surface area contributed by atoms with E-state index < -0.39 is 15.3 Å². The second-order valence-electron chi connectivity index (χ2n) is 3.61. The number of hydrogen-bond donors (Lipinski definition) is 2. The number of anilines is 1. The van der Waals surface area contributed by atoms with Crippen LogP contribution in [0.2, 0.25) is 0 Å². The molecule has 90 valence electrons. The van der Waals surface area contributed by atoms with Crippen molar-refractivity contribution in [2.75, 3.05) is 4.72 Å². The molecule has 6 nitrogen and oxygen atoms in total. The Morgan fingerprint density at radius 3 is 2.59 bits per heavy atom. The molecule has 1 aliphatic rings. The molecular formula is C10H11N3O3S. The first kappa shape index (κ1) is 11.6. The van der Waals surface area contributed by atoms with Crippen LogP contribution in [0.25, 0.3) is 0 Å². The van der Waals surface area contributed by atoms with Gasteiger partial charge in [-0.2, -0.15) is 0 Å². The summed E-state index contributed by atoms with van der Waals surface area (Å²) in [6.45, 7) is 1.67. The molecular weight excluding hydrogens is 242 g/mol. The zero-order valence-electron chi connectivity index (χ0n) is 9.04. The van der Waals surface area contributed by atoms with Crippen LogP contribution in [0.4, 0.5) is 5.82 Å².